The minimum Gasteiger partial charge on any atom is -0.481 e. The molecule has 9 heteroatoms. The Morgan fingerprint density at radius 1 is 1.06 bits per heavy atom. The smallest absolute Gasteiger partial charge is 0.326 e. The van der Waals surface area contributed by atoms with E-state index in [4.69, 9.17) is 21.1 Å². The Morgan fingerprint density at radius 2 is 1.61 bits per heavy atom. The van der Waals surface area contributed by atoms with Crippen LogP contribution in [-0.4, -0.2) is 51.2 Å². The van der Waals surface area contributed by atoms with E-state index in [9.17, 15) is 19.2 Å². The summed E-state index contributed by atoms with van der Waals surface area (Å²) < 4.78 is 0. The molecule has 0 fully saturated rings. The average molecular weight is 262 g/mol. The third-order valence-corrected chi connectivity index (χ3v) is 1.99. The first kappa shape index (κ1) is 15.8. The van der Waals surface area contributed by atoms with E-state index in [1.54, 1.807) is 0 Å². The van der Waals surface area contributed by atoms with Gasteiger partial charge in [-0.3, -0.25) is 14.4 Å². The minimum absolute atomic E-state index is 0.309. The van der Waals surface area contributed by atoms with Crippen molar-refractivity contribution in [3.8, 4) is 0 Å². The lowest BCUT2D eigenvalue weighted by Crippen LogP contribution is -2.49. The van der Waals surface area contributed by atoms with E-state index in [2.05, 4.69) is 0 Å². The van der Waals surface area contributed by atoms with Gasteiger partial charge in [0.25, 0.3) is 0 Å². The van der Waals surface area contributed by atoms with Gasteiger partial charge in [0.2, 0.25) is 5.91 Å². The van der Waals surface area contributed by atoms with E-state index >= 15 is 0 Å². The number of carbonyl (C=O) groups is 4. The van der Waals surface area contributed by atoms with Gasteiger partial charge in [0, 0.05) is 6.42 Å². The molecule has 9 nitrogen and oxygen atoms in total. The second kappa shape index (κ2) is 7.22. The molecule has 0 heterocycles. The third-order valence-electron chi connectivity index (χ3n) is 1.99. The molecule has 6 N–H and O–H groups in total. The quantitative estimate of drug-likeness (QED) is 0.342. The predicted octanol–water partition coefficient (Wildman–Crippen LogP) is -1.78. The molecule has 0 saturated heterocycles. The van der Waals surface area contributed by atoms with Crippen molar-refractivity contribution in [1.82, 2.24) is 5.32 Å². The molecule has 0 aliphatic carbocycles. The first-order valence-electron chi connectivity index (χ1n) is 4.96. The van der Waals surface area contributed by atoms with Crippen molar-refractivity contribution in [3.05, 3.63) is 0 Å². The summed E-state index contributed by atoms with van der Waals surface area (Å²) in [5.74, 6) is -4.86. The van der Waals surface area contributed by atoms with Crippen LogP contribution in [-0.2, 0) is 19.2 Å². The van der Waals surface area contributed by atoms with Crippen molar-refractivity contribution in [3.63, 3.8) is 0 Å². The Balaban J connectivity index is 4.40. The van der Waals surface area contributed by atoms with Crippen molar-refractivity contribution < 1.29 is 34.5 Å². The summed E-state index contributed by atoms with van der Waals surface area (Å²) in [6, 6.07) is -2.79. The van der Waals surface area contributed by atoms with Gasteiger partial charge in [0.1, 0.15) is 6.04 Å². The van der Waals surface area contributed by atoms with Crippen LogP contribution in [0.4, 0.5) is 0 Å². The molecule has 0 aliphatic heterocycles. The molecule has 102 valence electrons. The van der Waals surface area contributed by atoms with Crippen molar-refractivity contribution in [2.75, 3.05) is 0 Å². The molecule has 2 unspecified atom stereocenters. The number of amides is 1. The van der Waals surface area contributed by atoms with Crippen LogP contribution < -0.4 is 11.1 Å². The van der Waals surface area contributed by atoms with Gasteiger partial charge in [-0.2, -0.15) is 0 Å². The normalized spacial score (nSPS) is 13.4. The lowest BCUT2D eigenvalue weighted by Gasteiger charge is -2.16. The second-order valence-electron chi connectivity index (χ2n) is 3.54. The molecule has 0 radical (unpaired) electrons. The number of nitrogens with one attached hydrogen (secondary N) is 1. The summed E-state index contributed by atoms with van der Waals surface area (Å²) in [6.07, 6.45) is -1.39. The Morgan fingerprint density at radius 3 is 2.00 bits per heavy atom. The van der Waals surface area contributed by atoms with Gasteiger partial charge in [-0.05, 0) is 6.42 Å². The fourth-order valence-electron chi connectivity index (χ4n) is 1.08. The zero-order valence-corrected chi connectivity index (χ0v) is 9.33. The zero-order valence-electron chi connectivity index (χ0n) is 9.33. The number of hydrogen-bond donors (Lipinski definition) is 5. The molecule has 0 saturated carbocycles. The maximum atomic E-state index is 11.3. The summed E-state index contributed by atoms with van der Waals surface area (Å²) in [5, 5.41) is 27.5. The number of carboxylic acids is 3. The van der Waals surface area contributed by atoms with E-state index in [0.29, 0.717) is 0 Å². The Hall–Kier alpha value is -2.16. The van der Waals surface area contributed by atoms with E-state index in [0.717, 1.165) is 0 Å². The highest BCUT2D eigenvalue weighted by Crippen LogP contribution is 1.99. The number of hydrogen-bond acceptors (Lipinski definition) is 5. The van der Waals surface area contributed by atoms with Crippen LogP contribution >= 0.6 is 0 Å². The first-order chi connectivity index (χ1) is 8.23. The number of rotatable bonds is 8. The largest absolute Gasteiger partial charge is 0.481 e. The topological polar surface area (TPSA) is 167 Å². The lowest BCUT2D eigenvalue weighted by atomic mass is 10.1. The van der Waals surface area contributed by atoms with E-state index in [1.165, 1.54) is 0 Å². The van der Waals surface area contributed by atoms with Gasteiger partial charge >= 0.3 is 17.9 Å². The highest BCUT2D eigenvalue weighted by molar-refractivity contribution is 5.89. The van der Waals surface area contributed by atoms with Crippen LogP contribution in [0.15, 0.2) is 0 Å². The number of nitrogens with two attached hydrogens (primary N) is 1. The van der Waals surface area contributed by atoms with Crippen molar-refractivity contribution in [1.29, 1.82) is 0 Å². The lowest BCUT2D eigenvalue weighted by molar-refractivity contribution is -0.143. The standard InChI is InChI=1S/C9H14N2O7/c10-4(3-7(14)15)8(16)11-5(9(17)18)1-2-6(12)13/h4-5H,1-3,10H2,(H,11,16)(H,12,13)(H,14,15)(H,17,18). The third kappa shape index (κ3) is 6.43. The molecular weight excluding hydrogens is 248 g/mol. The highest BCUT2D eigenvalue weighted by Gasteiger charge is 2.24. The molecule has 18 heavy (non-hydrogen) atoms. The summed E-state index contributed by atoms with van der Waals surface area (Å²) in [4.78, 5) is 42.6. The van der Waals surface area contributed by atoms with E-state index < -0.39 is 48.7 Å². The summed E-state index contributed by atoms with van der Waals surface area (Å²) in [6.45, 7) is 0. The summed E-state index contributed by atoms with van der Waals surface area (Å²) in [5.41, 5.74) is 5.22. The molecule has 2 atom stereocenters. The van der Waals surface area contributed by atoms with Crippen LogP contribution in [0, 0.1) is 0 Å². The SMILES string of the molecule is NC(CC(=O)O)C(=O)NC(CCC(=O)O)C(=O)O. The second-order valence-corrected chi connectivity index (χ2v) is 3.54. The van der Waals surface area contributed by atoms with Crippen molar-refractivity contribution in [2.45, 2.75) is 31.3 Å². The molecule has 0 bridgehead atoms. The van der Waals surface area contributed by atoms with Gasteiger partial charge in [0.15, 0.2) is 0 Å². The number of aliphatic carboxylic acids is 3. The highest BCUT2D eigenvalue weighted by atomic mass is 16.4. The molecule has 0 aromatic carbocycles. The van der Waals surface area contributed by atoms with E-state index in [-0.39, 0.29) is 6.42 Å². The van der Waals surface area contributed by atoms with Gasteiger partial charge in [0.05, 0.1) is 12.5 Å². The average Bonchev–Trinajstić information content (AvgIpc) is 2.21. The van der Waals surface area contributed by atoms with Crippen LogP contribution in [0.25, 0.3) is 0 Å². The molecule has 0 rings (SSSR count). The van der Waals surface area contributed by atoms with Gasteiger partial charge in [-0.1, -0.05) is 0 Å². The van der Waals surface area contributed by atoms with Gasteiger partial charge in [-0.25, -0.2) is 4.79 Å². The monoisotopic (exact) mass is 262 g/mol. The van der Waals surface area contributed by atoms with Crippen LogP contribution in [0.2, 0.25) is 0 Å². The molecule has 0 aromatic heterocycles. The van der Waals surface area contributed by atoms with Crippen LogP contribution in [0.3, 0.4) is 0 Å². The minimum atomic E-state index is -1.41. The summed E-state index contributed by atoms with van der Waals surface area (Å²) >= 11 is 0. The molecule has 0 aromatic rings. The maximum absolute atomic E-state index is 11.3. The first-order valence-corrected chi connectivity index (χ1v) is 4.96. The summed E-state index contributed by atoms with van der Waals surface area (Å²) in [7, 11) is 0. The van der Waals surface area contributed by atoms with Crippen LogP contribution in [0.1, 0.15) is 19.3 Å². The molecule has 0 spiro atoms. The number of carboxylic acid groups (broad SMARTS) is 3. The Bertz CT molecular complexity index is 355. The van der Waals surface area contributed by atoms with E-state index in [1.807, 2.05) is 5.32 Å². The Kier molecular flexibility index (Phi) is 6.35. The molecule has 0 aliphatic rings. The van der Waals surface area contributed by atoms with Crippen molar-refractivity contribution >= 4 is 23.8 Å². The van der Waals surface area contributed by atoms with Crippen LogP contribution in [0.5, 0.6) is 0 Å². The van der Waals surface area contributed by atoms with Gasteiger partial charge in [-0.15, -0.1) is 0 Å². The predicted molar refractivity (Wildman–Crippen MR) is 56.7 cm³/mol. The van der Waals surface area contributed by atoms with Crippen molar-refractivity contribution in [2.24, 2.45) is 5.73 Å². The maximum Gasteiger partial charge on any atom is 0.326 e. The fraction of sp³-hybridized carbons (Fsp3) is 0.556. The Labute approximate surface area is 102 Å². The zero-order chi connectivity index (χ0) is 14.3. The fourth-order valence-corrected chi connectivity index (χ4v) is 1.08. The molecular formula is C9H14N2O7. The van der Waals surface area contributed by atoms with Gasteiger partial charge < -0.3 is 26.4 Å². The molecule has 1 amide bonds. The number of carbonyl (C=O) groups excluding carboxylic acids is 1.